The number of fused-ring (bicyclic) bond motifs is 2. The monoisotopic (exact) mass is 377 g/mol. The van der Waals surface area contributed by atoms with Gasteiger partial charge in [-0.1, -0.05) is 48.5 Å². The highest BCUT2D eigenvalue weighted by Crippen LogP contribution is 2.29. The zero-order chi connectivity index (χ0) is 19.5. The number of nitrogens with one attached hydrogen (secondary N) is 1. The summed E-state index contributed by atoms with van der Waals surface area (Å²) in [5.41, 5.74) is 1.03. The summed E-state index contributed by atoms with van der Waals surface area (Å²) in [6, 6.07) is 17.6. The van der Waals surface area contributed by atoms with E-state index in [4.69, 9.17) is 9.47 Å². The average molecular weight is 377 g/mol. The summed E-state index contributed by atoms with van der Waals surface area (Å²) < 4.78 is 10.3. The maximum atomic E-state index is 12.6. The summed E-state index contributed by atoms with van der Waals surface area (Å²) in [5, 5.41) is 7.26. The standard InChI is InChI=1S/C23H23NO4/c1-27-23(26)21(24-22(25)17-10-11-28-14-17)13-20-18-8-4-2-6-15(18)12-16-7-3-5-9-19(16)20/h2-9,12,17,21H,10-11,13-14H2,1H3,(H,24,25)/t17-,21+/m1/s1. The van der Waals surface area contributed by atoms with Crippen LogP contribution in [0.5, 0.6) is 0 Å². The molecule has 1 N–H and O–H groups in total. The molecule has 4 rings (SSSR count). The molecular formula is C23H23NO4. The van der Waals surface area contributed by atoms with Crippen LogP contribution in [0.2, 0.25) is 0 Å². The third-order valence-corrected chi connectivity index (χ3v) is 5.39. The number of hydrogen-bond donors (Lipinski definition) is 1. The van der Waals surface area contributed by atoms with Crippen LogP contribution >= 0.6 is 0 Å². The Morgan fingerprint density at radius 1 is 1.11 bits per heavy atom. The van der Waals surface area contributed by atoms with E-state index >= 15 is 0 Å². The van der Waals surface area contributed by atoms with Gasteiger partial charge in [-0.15, -0.1) is 0 Å². The molecular weight excluding hydrogens is 354 g/mol. The van der Waals surface area contributed by atoms with Crippen LogP contribution in [0, 0.1) is 5.92 Å². The van der Waals surface area contributed by atoms with Gasteiger partial charge in [0.15, 0.2) is 0 Å². The van der Waals surface area contributed by atoms with E-state index in [9.17, 15) is 9.59 Å². The van der Waals surface area contributed by atoms with Gasteiger partial charge in [0.2, 0.25) is 5.91 Å². The van der Waals surface area contributed by atoms with Crippen LogP contribution in [0.1, 0.15) is 12.0 Å². The highest BCUT2D eigenvalue weighted by molar-refractivity contribution is 6.02. The van der Waals surface area contributed by atoms with Gasteiger partial charge in [-0.05, 0) is 39.6 Å². The molecule has 5 heteroatoms. The molecule has 2 atom stereocenters. The number of ether oxygens (including phenoxy) is 2. The lowest BCUT2D eigenvalue weighted by Crippen LogP contribution is -2.45. The van der Waals surface area contributed by atoms with Crippen molar-refractivity contribution in [3.63, 3.8) is 0 Å². The number of rotatable bonds is 5. The van der Waals surface area contributed by atoms with Crippen LogP contribution in [0.15, 0.2) is 54.6 Å². The Morgan fingerprint density at radius 2 is 1.75 bits per heavy atom. The molecule has 0 bridgehead atoms. The van der Waals surface area contributed by atoms with Crippen LogP contribution in [-0.2, 0) is 25.5 Å². The van der Waals surface area contributed by atoms with Crippen molar-refractivity contribution in [2.45, 2.75) is 18.9 Å². The number of methoxy groups -OCH3 is 1. The molecule has 3 aromatic rings. The molecule has 1 aliphatic heterocycles. The third kappa shape index (κ3) is 3.58. The second kappa shape index (κ2) is 7.98. The largest absolute Gasteiger partial charge is 0.467 e. The highest BCUT2D eigenvalue weighted by Gasteiger charge is 2.29. The molecule has 144 valence electrons. The van der Waals surface area contributed by atoms with E-state index in [1.165, 1.54) is 7.11 Å². The minimum atomic E-state index is -0.743. The van der Waals surface area contributed by atoms with Gasteiger partial charge in [-0.3, -0.25) is 4.79 Å². The van der Waals surface area contributed by atoms with E-state index in [1.54, 1.807) is 0 Å². The van der Waals surface area contributed by atoms with Crippen molar-refractivity contribution >= 4 is 33.4 Å². The lowest BCUT2D eigenvalue weighted by atomic mass is 9.92. The zero-order valence-corrected chi connectivity index (χ0v) is 15.8. The summed E-state index contributed by atoms with van der Waals surface area (Å²) in [6.45, 7) is 0.978. The smallest absolute Gasteiger partial charge is 0.328 e. The molecule has 3 aromatic carbocycles. The molecule has 0 spiro atoms. The Kier molecular flexibility index (Phi) is 5.26. The van der Waals surface area contributed by atoms with E-state index in [-0.39, 0.29) is 11.8 Å². The lowest BCUT2D eigenvalue weighted by molar-refractivity contribution is -0.145. The number of esters is 1. The topological polar surface area (TPSA) is 64.6 Å². The average Bonchev–Trinajstić information content (AvgIpc) is 3.27. The predicted molar refractivity (Wildman–Crippen MR) is 108 cm³/mol. The molecule has 1 aliphatic rings. The minimum absolute atomic E-state index is 0.155. The number of carbonyl (C=O) groups is 2. The Balaban J connectivity index is 1.73. The van der Waals surface area contributed by atoms with Gasteiger partial charge in [0.1, 0.15) is 6.04 Å². The van der Waals surface area contributed by atoms with E-state index in [2.05, 4.69) is 35.6 Å². The molecule has 5 nitrogen and oxygen atoms in total. The van der Waals surface area contributed by atoms with Crippen molar-refractivity contribution in [1.82, 2.24) is 5.32 Å². The molecule has 0 aliphatic carbocycles. The van der Waals surface area contributed by atoms with Crippen LogP contribution in [0.3, 0.4) is 0 Å². The number of carbonyl (C=O) groups excluding carboxylic acids is 2. The summed E-state index contributed by atoms with van der Waals surface area (Å²) in [5.74, 6) is -0.807. The van der Waals surface area contributed by atoms with Gasteiger partial charge < -0.3 is 14.8 Å². The quantitative estimate of drug-likeness (QED) is 0.548. The molecule has 1 amide bonds. The van der Waals surface area contributed by atoms with Crippen LogP contribution < -0.4 is 5.32 Å². The van der Waals surface area contributed by atoms with Crippen molar-refractivity contribution in [1.29, 1.82) is 0 Å². The van der Waals surface area contributed by atoms with E-state index < -0.39 is 12.0 Å². The molecule has 1 fully saturated rings. The Hall–Kier alpha value is -2.92. The molecule has 1 heterocycles. The summed E-state index contributed by atoms with van der Waals surface area (Å²) in [7, 11) is 1.35. The first kappa shape index (κ1) is 18.4. The number of amides is 1. The van der Waals surface area contributed by atoms with E-state index in [0.717, 1.165) is 27.1 Å². The molecule has 28 heavy (non-hydrogen) atoms. The fraction of sp³-hybridized carbons (Fsp3) is 0.304. The number of hydrogen-bond acceptors (Lipinski definition) is 4. The fourth-order valence-electron chi connectivity index (χ4n) is 3.90. The maximum absolute atomic E-state index is 12.6. The lowest BCUT2D eigenvalue weighted by Gasteiger charge is -2.20. The SMILES string of the molecule is COC(=O)[C@H](Cc1c2ccccc2cc2ccccc12)NC(=O)[C@@H]1CCOC1. The van der Waals surface area contributed by atoms with E-state index in [0.29, 0.717) is 26.1 Å². The summed E-state index contributed by atoms with van der Waals surface area (Å²) in [6.07, 6.45) is 1.05. The predicted octanol–water partition coefficient (Wildman–Crippen LogP) is 3.23. The Morgan fingerprint density at radius 3 is 2.32 bits per heavy atom. The van der Waals surface area contributed by atoms with Gasteiger partial charge in [0, 0.05) is 13.0 Å². The van der Waals surface area contributed by atoms with Crippen LogP contribution in [0.25, 0.3) is 21.5 Å². The Bertz CT molecular complexity index is 969. The third-order valence-electron chi connectivity index (χ3n) is 5.39. The summed E-state index contributed by atoms with van der Waals surface area (Å²) >= 11 is 0. The van der Waals surface area contributed by atoms with E-state index in [1.807, 2.05) is 24.3 Å². The highest BCUT2D eigenvalue weighted by atomic mass is 16.5. The van der Waals surface area contributed by atoms with Gasteiger partial charge in [-0.2, -0.15) is 0 Å². The van der Waals surface area contributed by atoms with Crippen LogP contribution in [0.4, 0.5) is 0 Å². The normalized spacial score (nSPS) is 17.5. The summed E-state index contributed by atoms with van der Waals surface area (Å²) in [4.78, 5) is 25.1. The van der Waals surface area contributed by atoms with Crippen molar-refractivity contribution in [3.8, 4) is 0 Å². The molecule has 0 radical (unpaired) electrons. The van der Waals surface area contributed by atoms with Crippen LogP contribution in [-0.4, -0.2) is 38.2 Å². The van der Waals surface area contributed by atoms with Gasteiger partial charge in [-0.25, -0.2) is 4.79 Å². The molecule has 0 unspecified atom stereocenters. The second-order valence-electron chi connectivity index (χ2n) is 7.15. The second-order valence-corrected chi connectivity index (χ2v) is 7.15. The zero-order valence-electron chi connectivity index (χ0n) is 15.8. The van der Waals surface area contributed by atoms with Crippen molar-refractivity contribution in [2.24, 2.45) is 5.92 Å². The minimum Gasteiger partial charge on any atom is -0.467 e. The first-order chi connectivity index (χ1) is 13.7. The van der Waals surface area contributed by atoms with Crippen molar-refractivity contribution < 1.29 is 19.1 Å². The first-order valence-corrected chi connectivity index (χ1v) is 9.52. The molecule has 1 saturated heterocycles. The van der Waals surface area contributed by atoms with Crippen molar-refractivity contribution in [3.05, 3.63) is 60.2 Å². The Labute approximate surface area is 163 Å². The van der Waals surface area contributed by atoms with Crippen molar-refractivity contribution in [2.75, 3.05) is 20.3 Å². The fourth-order valence-corrected chi connectivity index (χ4v) is 3.90. The molecule has 0 saturated carbocycles. The first-order valence-electron chi connectivity index (χ1n) is 9.52. The maximum Gasteiger partial charge on any atom is 0.328 e. The number of benzene rings is 3. The molecule has 0 aromatic heterocycles. The van der Waals surface area contributed by atoms with Gasteiger partial charge >= 0.3 is 5.97 Å². The van der Waals surface area contributed by atoms with Gasteiger partial charge in [0.05, 0.1) is 19.6 Å². The van der Waals surface area contributed by atoms with Gasteiger partial charge in [0.25, 0.3) is 0 Å².